The molecule has 1 saturated heterocycles. The van der Waals surface area contributed by atoms with Crippen LogP contribution in [0.2, 0.25) is 0 Å². The van der Waals surface area contributed by atoms with Crippen LogP contribution in [0.15, 0.2) is 16.7 Å². The topological polar surface area (TPSA) is 113 Å². The Balaban J connectivity index is 2.10. The van der Waals surface area contributed by atoms with Crippen LogP contribution in [0.5, 0.6) is 5.75 Å². The van der Waals surface area contributed by atoms with E-state index in [1.165, 1.54) is 12.3 Å². The average molecular weight is 260 g/mol. The molecule has 0 saturated carbocycles. The molecule has 1 aliphatic heterocycles. The Morgan fingerprint density at radius 1 is 1.22 bits per heavy atom. The quantitative estimate of drug-likeness (QED) is 0.538. The molecule has 0 aliphatic carbocycles. The first kappa shape index (κ1) is 13.3. The number of ether oxygens (including phenoxy) is 2. The highest BCUT2D eigenvalue weighted by molar-refractivity contribution is 5.23. The number of aryl methyl sites for hydroxylation is 1. The zero-order chi connectivity index (χ0) is 13.3. The summed E-state index contributed by atoms with van der Waals surface area (Å²) in [7, 11) is 0. The summed E-state index contributed by atoms with van der Waals surface area (Å²) in [5, 5.41) is 37.9. The lowest BCUT2D eigenvalue weighted by molar-refractivity contribution is -0.277. The first-order valence-corrected chi connectivity index (χ1v) is 5.56. The molecule has 1 aromatic rings. The molecule has 4 N–H and O–H groups in total. The van der Waals surface area contributed by atoms with Crippen molar-refractivity contribution >= 4 is 0 Å². The van der Waals surface area contributed by atoms with E-state index in [0.29, 0.717) is 11.5 Å². The van der Waals surface area contributed by atoms with Crippen LogP contribution in [-0.2, 0) is 4.74 Å². The normalized spacial score (nSPS) is 36.6. The second-order valence-corrected chi connectivity index (χ2v) is 4.16. The molecule has 18 heavy (non-hydrogen) atoms. The Kier molecular flexibility index (Phi) is 3.88. The van der Waals surface area contributed by atoms with Crippen molar-refractivity contribution in [3.8, 4) is 5.75 Å². The minimum atomic E-state index is -1.45. The molecule has 0 amide bonds. The van der Waals surface area contributed by atoms with Crippen LogP contribution in [0.3, 0.4) is 0 Å². The highest BCUT2D eigenvalue weighted by Gasteiger charge is 2.44. The summed E-state index contributed by atoms with van der Waals surface area (Å²) >= 11 is 0. The second-order valence-electron chi connectivity index (χ2n) is 4.16. The summed E-state index contributed by atoms with van der Waals surface area (Å²) in [6.45, 7) is 1.18. The molecule has 0 bridgehead atoms. The fourth-order valence-corrected chi connectivity index (χ4v) is 1.79. The van der Waals surface area contributed by atoms with Gasteiger partial charge in [-0.2, -0.15) is 0 Å². The van der Waals surface area contributed by atoms with Crippen molar-refractivity contribution in [2.75, 3.05) is 6.61 Å². The maximum Gasteiger partial charge on any atom is 0.229 e. The summed E-state index contributed by atoms with van der Waals surface area (Å²) < 4.78 is 15.5. The fraction of sp³-hybridized carbons (Fsp3) is 0.636. The van der Waals surface area contributed by atoms with Crippen molar-refractivity contribution < 1.29 is 34.3 Å². The number of aliphatic hydroxyl groups is 4. The number of aliphatic hydroxyl groups excluding tert-OH is 4. The van der Waals surface area contributed by atoms with Crippen LogP contribution in [-0.4, -0.2) is 57.7 Å². The number of rotatable bonds is 3. The predicted molar refractivity (Wildman–Crippen MR) is 57.8 cm³/mol. The Bertz CT molecular complexity index is 388. The third kappa shape index (κ3) is 2.36. The van der Waals surface area contributed by atoms with Gasteiger partial charge in [-0.05, 0) is 6.92 Å². The van der Waals surface area contributed by atoms with Crippen molar-refractivity contribution in [2.24, 2.45) is 0 Å². The highest BCUT2D eigenvalue weighted by Crippen LogP contribution is 2.26. The second kappa shape index (κ2) is 5.25. The van der Waals surface area contributed by atoms with Crippen LogP contribution >= 0.6 is 0 Å². The molecule has 7 nitrogen and oxygen atoms in total. The smallest absolute Gasteiger partial charge is 0.229 e. The zero-order valence-electron chi connectivity index (χ0n) is 9.76. The fourth-order valence-electron chi connectivity index (χ4n) is 1.79. The molecule has 0 spiro atoms. The van der Waals surface area contributed by atoms with Crippen molar-refractivity contribution in [1.82, 2.24) is 0 Å². The first-order valence-electron chi connectivity index (χ1n) is 5.56. The van der Waals surface area contributed by atoms with Gasteiger partial charge < -0.3 is 34.3 Å². The lowest BCUT2D eigenvalue weighted by Crippen LogP contribution is -2.60. The van der Waals surface area contributed by atoms with Gasteiger partial charge in [0, 0.05) is 6.07 Å². The first-order chi connectivity index (χ1) is 8.54. The maximum atomic E-state index is 9.74. The van der Waals surface area contributed by atoms with E-state index in [1.807, 2.05) is 0 Å². The van der Waals surface area contributed by atoms with Gasteiger partial charge in [0.1, 0.15) is 30.2 Å². The Morgan fingerprint density at radius 3 is 2.50 bits per heavy atom. The largest absolute Gasteiger partial charge is 0.466 e. The SMILES string of the molecule is Cc1occc1O[C@@H]1O[C@H](CO)[C@@H](O)[C@H](O)[C@H]1O. The molecule has 2 heterocycles. The van der Waals surface area contributed by atoms with Gasteiger partial charge in [0.05, 0.1) is 12.9 Å². The molecule has 0 unspecified atom stereocenters. The van der Waals surface area contributed by atoms with Gasteiger partial charge in [-0.1, -0.05) is 0 Å². The number of hydrogen-bond acceptors (Lipinski definition) is 7. The molecular weight excluding hydrogens is 244 g/mol. The number of hydrogen-bond donors (Lipinski definition) is 4. The molecule has 5 atom stereocenters. The van der Waals surface area contributed by atoms with E-state index >= 15 is 0 Å². The van der Waals surface area contributed by atoms with Gasteiger partial charge in [0.2, 0.25) is 6.29 Å². The predicted octanol–water partition coefficient (Wildman–Crippen LogP) is -1.23. The minimum absolute atomic E-state index is 0.360. The van der Waals surface area contributed by atoms with Crippen LogP contribution in [0, 0.1) is 6.92 Å². The Hall–Kier alpha value is -1.12. The van der Waals surface area contributed by atoms with Crippen molar-refractivity contribution in [1.29, 1.82) is 0 Å². The lowest BCUT2D eigenvalue weighted by atomic mass is 9.99. The third-order valence-electron chi connectivity index (χ3n) is 2.90. The van der Waals surface area contributed by atoms with Crippen molar-refractivity contribution in [3.05, 3.63) is 18.1 Å². The molecule has 0 radical (unpaired) electrons. The molecule has 0 aromatic carbocycles. The van der Waals surface area contributed by atoms with E-state index in [9.17, 15) is 15.3 Å². The van der Waals surface area contributed by atoms with Crippen LogP contribution < -0.4 is 4.74 Å². The van der Waals surface area contributed by atoms with Gasteiger partial charge in [-0.25, -0.2) is 0 Å². The molecule has 1 aromatic heterocycles. The molecule has 7 heteroatoms. The summed E-state index contributed by atoms with van der Waals surface area (Å²) in [5.74, 6) is 0.853. The monoisotopic (exact) mass is 260 g/mol. The standard InChI is InChI=1S/C11H16O7/c1-5-6(2-3-16-5)17-11-10(15)9(14)8(13)7(4-12)18-11/h2-3,7-15H,4H2,1H3/t7-,8-,9+,10-,11-/m1/s1. The minimum Gasteiger partial charge on any atom is -0.466 e. The summed E-state index contributed by atoms with van der Waals surface area (Å²) in [4.78, 5) is 0. The highest BCUT2D eigenvalue weighted by atomic mass is 16.7. The van der Waals surface area contributed by atoms with E-state index in [1.54, 1.807) is 6.92 Å². The van der Waals surface area contributed by atoms with Gasteiger partial charge in [-0.3, -0.25) is 0 Å². The van der Waals surface area contributed by atoms with Crippen molar-refractivity contribution in [2.45, 2.75) is 37.6 Å². The van der Waals surface area contributed by atoms with E-state index in [0.717, 1.165) is 0 Å². The lowest BCUT2D eigenvalue weighted by Gasteiger charge is -2.39. The number of furan rings is 1. The summed E-state index contributed by atoms with van der Waals surface area (Å²) in [6.07, 6.45) is -5.02. The van der Waals surface area contributed by atoms with Gasteiger partial charge >= 0.3 is 0 Å². The molecule has 102 valence electrons. The summed E-state index contributed by atoms with van der Waals surface area (Å²) in [6, 6.07) is 1.54. The van der Waals surface area contributed by atoms with E-state index in [-0.39, 0.29) is 0 Å². The van der Waals surface area contributed by atoms with Gasteiger partial charge in [0.25, 0.3) is 0 Å². The van der Waals surface area contributed by atoms with Gasteiger partial charge in [-0.15, -0.1) is 0 Å². The molecule has 2 rings (SSSR count). The Labute approximate surface area is 103 Å². The zero-order valence-corrected chi connectivity index (χ0v) is 9.76. The average Bonchev–Trinajstić information content (AvgIpc) is 2.76. The maximum absolute atomic E-state index is 9.74. The van der Waals surface area contributed by atoms with Crippen molar-refractivity contribution in [3.63, 3.8) is 0 Å². The van der Waals surface area contributed by atoms with Crippen LogP contribution in [0.25, 0.3) is 0 Å². The van der Waals surface area contributed by atoms with Gasteiger partial charge in [0.15, 0.2) is 5.75 Å². The molecular formula is C11H16O7. The van der Waals surface area contributed by atoms with Crippen LogP contribution in [0.4, 0.5) is 0 Å². The molecule has 1 fully saturated rings. The molecule has 1 aliphatic rings. The van der Waals surface area contributed by atoms with E-state index in [2.05, 4.69) is 0 Å². The van der Waals surface area contributed by atoms with Crippen LogP contribution in [0.1, 0.15) is 5.76 Å². The Morgan fingerprint density at radius 2 is 1.94 bits per heavy atom. The van der Waals surface area contributed by atoms with E-state index in [4.69, 9.17) is 19.0 Å². The third-order valence-corrected chi connectivity index (χ3v) is 2.90. The van der Waals surface area contributed by atoms with E-state index < -0.39 is 37.3 Å². The summed E-state index contributed by atoms with van der Waals surface area (Å²) in [5.41, 5.74) is 0.